The third-order valence-corrected chi connectivity index (χ3v) is 4.02. The third kappa shape index (κ3) is 5.24. The zero-order chi connectivity index (χ0) is 20.5. The van der Waals surface area contributed by atoms with Gasteiger partial charge in [0.05, 0.1) is 31.6 Å². The number of nitrogens with one attached hydrogen (secondary N) is 1. The number of carbonyl (C=O) groups excluding carboxylic acids is 1. The van der Waals surface area contributed by atoms with E-state index in [0.29, 0.717) is 34.9 Å². The average Bonchev–Trinajstić information content (AvgIpc) is 2.74. The minimum Gasteiger partial charge on any atom is -0.493 e. The van der Waals surface area contributed by atoms with E-state index in [1.165, 1.54) is 0 Å². The Balaban J connectivity index is 2.06. The highest BCUT2D eigenvalue weighted by atomic mass is 16.5. The molecule has 0 saturated heterocycles. The van der Waals surface area contributed by atoms with Gasteiger partial charge in [0.2, 0.25) is 0 Å². The maximum absolute atomic E-state index is 12.3. The molecule has 0 radical (unpaired) electrons. The molecule has 2 rings (SSSR count). The van der Waals surface area contributed by atoms with Crippen molar-refractivity contribution in [1.82, 2.24) is 5.43 Å². The zero-order valence-electron chi connectivity index (χ0n) is 16.4. The minimum atomic E-state index is -0.750. The molecule has 0 aliphatic rings. The van der Waals surface area contributed by atoms with Gasteiger partial charge in [-0.25, -0.2) is 5.43 Å². The summed E-state index contributed by atoms with van der Waals surface area (Å²) in [6.45, 7) is 3.57. The molecule has 0 bridgehead atoms. The lowest BCUT2D eigenvalue weighted by molar-refractivity contribution is -0.127. The summed E-state index contributed by atoms with van der Waals surface area (Å²) in [4.78, 5) is 12.3. The van der Waals surface area contributed by atoms with Gasteiger partial charge in [0.15, 0.2) is 17.6 Å². The number of nitrogens with zero attached hydrogens (tertiary/aromatic N) is 2. The number of amides is 1. The molecule has 0 fully saturated rings. The van der Waals surface area contributed by atoms with Crippen molar-refractivity contribution >= 4 is 11.6 Å². The van der Waals surface area contributed by atoms with E-state index in [-0.39, 0.29) is 5.91 Å². The van der Waals surface area contributed by atoms with E-state index in [0.717, 1.165) is 5.56 Å². The quantitative estimate of drug-likeness (QED) is 0.559. The predicted octanol–water partition coefficient (Wildman–Crippen LogP) is 3.27. The van der Waals surface area contributed by atoms with Gasteiger partial charge in [0.1, 0.15) is 5.75 Å². The van der Waals surface area contributed by atoms with Crippen LogP contribution in [-0.4, -0.2) is 31.9 Å². The Morgan fingerprint density at radius 2 is 1.82 bits per heavy atom. The summed E-state index contributed by atoms with van der Waals surface area (Å²) in [7, 11) is 3.14. The molecule has 7 heteroatoms. The second kappa shape index (κ2) is 9.97. The maximum Gasteiger partial charge on any atom is 0.280 e. The number of methoxy groups -OCH3 is 2. The molecule has 0 saturated carbocycles. The van der Waals surface area contributed by atoms with Crippen molar-refractivity contribution in [3.63, 3.8) is 0 Å². The van der Waals surface area contributed by atoms with Gasteiger partial charge in [-0.3, -0.25) is 4.79 Å². The lowest BCUT2D eigenvalue weighted by Crippen LogP contribution is -2.34. The van der Waals surface area contributed by atoms with Crippen LogP contribution in [-0.2, 0) is 4.79 Å². The summed E-state index contributed by atoms with van der Waals surface area (Å²) in [6.07, 6.45) is -0.138. The summed E-state index contributed by atoms with van der Waals surface area (Å²) < 4.78 is 16.1. The van der Waals surface area contributed by atoms with E-state index in [9.17, 15) is 4.79 Å². The molecule has 2 aromatic carbocycles. The monoisotopic (exact) mass is 381 g/mol. The Morgan fingerprint density at radius 1 is 1.14 bits per heavy atom. The van der Waals surface area contributed by atoms with Gasteiger partial charge >= 0.3 is 0 Å². The first-order valence-electron chi connectivity index (χ1n) is 8.78. The first-order valence-corrected chi connectivity index (χ1v) is 8.78. The molecule has 1 atom stereocenters. The fourth-order valence-electron chi connectivity index (χ4n) is 2.44. The number of ether oxygens (including phenoxy) is 3. The smallest absolute Gasteiger partial charge is 0.280 e. The van der Waals surface area contributed by atoms with Gasteiger partial charge in [0, 0.05) is 5.56 Å². The van der Waals surface area contributed by atoms with Gasteiger partial charge in [-0.15, -0.1) is 0 Å². The fourth-order valence-corrected chi connectivity index (χ4v) is 2.44. The van der Waals surface area contributed by atoms with Crippen molar-refractivity contribution < 1.29 is 19.0 Å². The second-order valence-corrected chi connectivity index (χ2v) is 5.85. The SMILES string of the molecule is CC/C(=N\NC(=O)C(C)Oc1ccc(C#N)cc1)c1ccc(OC)c(OC)c1. The standard InChI is InChI=1S/C21H23N3O4/c1-5-18(16-8-11-19(26-3)20(12-16)27-4)23-24-21(25)14(2)28-17-9-6-15(13-22)7-10-17/h6-12,14H,5H2,1-4H3,(H,24,25)/b23-18+. The van der Waals surface area contributed by atoms with Gasteiger partial charge in [-0.2, -0.15) is 10.4 Å². The van der Waals surface area contributed by atoms with E-state index >= 15 is 0 Å². The van der Waals surface area contributed by atoms with E-state index in [4.69, 9.17) is 19.5 Å². The number of carbonyl (C=O) groups is 1. The van der Waals surface area contributed by atoms with Crippen LogP contribution >= 0.6 is 0 Å². The zero-order valence-corrected chi connectivity index (χ0v) is 16.4. The Kier molecular flexibility index (Phi) is 7.40. The molecule has 28 heavy (non-hydrogen) atoms. The largest absolute Gasteiger partial charge is 0.493 e. The molecule has 0 heterocycles. The van der Waals surface area contributed by atoms with Crippen molar-refractivity contribution in [3.05, 3.63) is 53.6 Å². The molecule has 0 aromatic heterocycles. The molecule has 0 aliphatic heterocycles. The van der Waals surface area contributed by atoms with Crippen molar-refractivity contribution in [2.45, 2.75) is 26.4 Å². The number of nitriles is 1. The highest BCUT2D eigenvalue weighted by Gasteiger charge is 2.15. The van der Waals surface area contributed by atoms with Crippen LogP contribution in [0.2, 0.25) is 0 Å². The fraction of sp³-hybridized carbons (Fsp3) is 0.286. The van der Waals surface area contributed by atoms with Crippen molar-refractivity contribution in [2.24, 2.45) is 5.10 Å². The van der Waals surface area contributed by atoms with Crippen molar-refractivity contribution in [1.29, 1.82) is 5.26 Å². The number of rotatable bonds is 8. The van der Waals surface area contributed by atoms with E-state index in [1.807, 2.05) is 25.1 Å². The second-order valence-electron chi connectivity index (χ2n) is 5.85. The Labute approximate surface area is 164 Å². The van der Waals surface area contributed by atoms with Crippen LogP contribution in [0.25, 0.3) is 0 Å². The molecule has 146 valence electrons. The first kappa shape index (κ1) is 20.8. The van der Waals surface area contributed by atoms with Gasteiger partial charge in [0.25, 0.3) is 5.91 Å². The van der Waals surface area contributed by atoms with Crippen LogP contribution < -0.4 is 19.6 Å². The van der Waals surface area contributed by atoms with Crippen molar-refractivity contribution in [2.75, 3.05) is 14.2 Å². The normalized spacial score (nSPS) is 11.9. The van der Waals surface area contributed by atoms with E-state index < -0.39 is 6.10 Å². The Morgan fingerprint density at radius 3 is 2.39 bits per heavy atom. The van der Waals surface area contributed by atoms with E-state index in [2.05, 4.69) is 10.5 Å². The summed E-state index contributed by atoms with van der Waals surface area (Å²) in [5.74, 6) is 1.33. The molecule has 2 aromatic rings. The van der Waals surface area contributed by atoms with Crippen LogP contribution in [0.1, 0.15) is 31.4 Å². The molecular formula is C21H23N3O4. The van der Waals surface area contributed by atoms with Crippen LogP contribution in [0.15, 0.2) is 47.6 Å². The van der Waals surface area contributed by atoms with E-state index in [1.54, 1.807) is 51.5 Å². The van der Waals surface area contributed by atoms with Gasteiger partial charge in [-0.1, -0.05) is 6.92 Å². The lowest BCUT2D eigenvalue weighted by atomic mass is 10.1. The molecule has 0 spiro atoms. The molecule has 1 amide bonds. The first-order chi connectivity index (χ1) is 13.5. The molecule has 1 N–H and O–H groups in total. The Bertz CT molecular complexity index is 886. The predicted molar refractivity (Wildman–Crippen MR) is 106 cm³/mol. The lowest BCUT2D eigenvalue weighted by Gasteiger charge is -2.14. The number of benzene rings is 2. The summed E-state index contributed by atoms with van der Waals surface area (Å²) in [6, 6.07) is 14.0. The summed E-state index contributed by atoms with van der Waals surface area (Å²) in [5, 5.41) is 13.0. The topological polar surface area (TPSA) is 92.9 Å². The minimum absolute atomic E-state index is 0.379. The number of hydrogen-bond acceptors (Lipinski definition) is 6. The highest BCUT2D eigenvalue weighted by Crippen LogP contribution is 2.28. The van der Waals surface area contributed by atoms with Crippen molar-refractivity contribution in [3.8, 4) is 23.3 Å². The van der Waals surface area contributed by atoms with Crippen LogP contribution in [0, 0.1) is 11.3 Å². The highest BCUT2D eigenvalue weighted by molar-refractivity contribution is 6.01. The van der Waals surface area contributed by atoms with Crippen LogP contribution in [0.3, 0.4) is 0 Å². The van der Waals surface area contributed by atoms with Crippen LogP contribution in [0.4, 0.5) is 0 Å². The third-order valence-electron chi connectivity index (χ3n) is 4.02. The molecule has 0 aliphatic carbocycles. The van der Waals surface area contributed by atoms with Gasteiger partial charge in [-0.05, 0) is 55.8 Å². The summed E-state index contributed by atoms with van der Waals surface area (Å²) >= 11 is 0. The average molecular weight is 381 g/mol. The molecule has 7 nitrogen and oxygen atoms in total. The van der Waals surface area contributed by atoms with Gasteiger partial charge < -0.3 is 14.2 Å². The number of hydrogen-bond donors (Lipinski definition) is 1. The van der Waals surface area contributed by atoms with Crippen LogP contribution in [0.5, 0.6) is 17.2 Å². The summed E-state index contributed by atoms with van der Waals surface area (Å²) in [5.41, 5.74) is 4.58. The molecular weight excluding hydrogens is 358 g/mol. The number of hydrazone groups is 1. The molecule has 1 unspecified atom stereocenters. The Hall–Kier alpha value is -3.53. The maximum atomic E-state index is 12.3.